The number of rotatable bonds is 6. The minimum atomic E-state index is -0.273. The van der Waals surface area contributed by atoms with Crippen LogP contribution in [0.5, 0.6) is 0 Å². The summed E-state index contributed by atoms with van der Waals surface area (Å²) in [5.41, 5.74) is 5.92. The second kappa shape index (κ2) is 8.53. The molecule has 32 heavy (non-hydrogen) atoms. The van der Waals surface area contributed by atoms with Crippen molar-refractivity contribution in [3.8, 4) is 11.1 Å². The predicted octanol–water partition coefficient (Wildman–Crippen LogP) is 4.93. The highest BCUT2D eigenvalue weighted by atomic mass is 16.2. The fourth-order valence-electron chi connectivity index (χ4n) is 6.53. The SMILES string of the molecule is C/C(CC(=O)NC12CC3CC(CC(C3)C1)C2)=N\NC(=O)c1ccc(-c2ccccc2)cc1. The molecule has 2 aromatic rings. The van der Waals surface area contributed by atoms with Crippen molar-refractivity contribution in [2.24, 2.45) is 22.9 Å². The van der Waals surface area contributed by atoms with E-state index in [1.807, 2.05) is 42.5 Å². The van der Waals surface area contributed by atoms with Crippen molar-refractivity contribution >= 4 is 17.5 Å². The summed E-state index contributed by atoms with van der Waals surface area (Å²) < 4.78 is 0. The van der Waals surface area contributed by atoms with E-state index in [1.165, 1.54) is 19.3 Å². The van der Waals surface area contributed by atoms with E-state index in [4.69, 9.17) is 0 Å². The number of benzene rings is 2. The van der Waals surface area contributed by atoms with Crippen LogP contribution in [-0.2, 0) is 4.79 Å². The topological polar surface area (TPSA) is 70.6 Å². The lowest BCUT2D eigenvalue weighted by molar-refractivity contribution is -0.125. The Morgan fingerprint density at radius 2 is 1.44 bits per heavy atom. The van der Waals surface area contributed by atoms with Gasteiger partial charge in [0.15, 0.2) is 0 Å². The molecule has 2 amide bonds. The van der Waals surface area contributed by atoms with Crippen LogP contribution in [0.1, 0.15) is 62.2 Å². The molecule has 0 aliphatic heterocycles. The van der Waals surface area contributed by atoms with Crippen LogP contribution < -0.4 is 10.7 Å². The lowest BCUT2D eigenvalue weighted by Gasteiger charge is -2.56. The molecule has 0 radical (unpaired) electrons. The summed E-state index contributed by atoms with van der Waals surface area (Å²) in [6, 6.07) is 17.5. The van der Waals surface area contributed by atoms with E-state index in [-0.39, 0.29) is 23.8 Å². The van der Waals surface area contributed by atoms with E-state index in [2.05, 4.69) is 15.8 Å². The van der Waals surface area contributed by atoms with Crippen molar-refractivity contribution < 1.29 is 9.59 Å². The van der Waals surface area contributed by atoms with Crippen molar-refractivity contribution in [2.75, 3.05) is 0 Å². The molecule has 5 nitrogen and oxygen atoms in total. The number of amides is 2. The molecule has 0 heterocycles. The van der Waals surface area contributed by atoms with Gasteiger partial charge in [0.05, 0.1) is 6.42 Å². The van der Waals surface area contributed by atoms with Gasteiger partial charge in [-0.15, -0.1) is 0 Å². The fourth-order valence-corrected chi connectivity index (χ4v) is 6.53. The van der Waals surface area contributed by atoms with Gasteiger partial charge in [0.25, 0.3) is 5.91 Å². The quantitative estimate of drug-likeness (QED) is 0.505. The predicted molar refractivity (Wildman–Crippen MR) is 126 cm³/mol. The third-order valence-electron chi connectivity index (χ3n) is 7.46. The number of hydrazone groups is 1. The first kappa shape index (κ1) is 20.9. The molecule has 4 aliphatic rings. The van der Waals surface area contributed by atoms with Gasteiger partial charge in [0.2, 0.25) is 5.91 Å². The van der Waals surface area contributed by atoms with Crippen LogP contribution in [0.2, 0.25) is 0 Å². The van der Waals surface area contributed by atoms with Crippen LogP contribution in [-0.4, -0.2) is 23.1 Å². The van der Waals surface area contributed by atoms with E-state index in [1.54, 1.807) is 19.1 Å². The molecule has 0 spiro atoms. The van der Waals surface area contributed by atoms with Crippen molar-refractivity contribution in [1.82, 2.24) is 10.7 Å². The molecule has 0 aromatic heterocycles. The molecule has 6 rings (SSSR count). The van der Waals surface area contributed by atoms with Crippen molar-refractivity contribution in [1.29, 1.82) is 0 Å². The minimum absolute atomic E-state index is 0.00978. The van der Waals surface area contributed by atoms with Gasteiger partial charge in [-0.25, -0.2) is 5.43 Å². The Bertz CT molecular complexity index is 991. The van der Waals surface area contributed by atoms with E-state index >= 15 is 0 Å². The van der Waals surface area contributed by atoms with Crippen LogP contribution in [0.25, 0.3) is 11.1 Å². The Kier molecular flexibility index (Phi) is 5.58. The summed E-state index contributed by atoms with van der Waals surface area (Å²) in [5, 5.41) is 7.54. The highest BCUT2D eigenvalue weighted by Gasteiger charge is 2.51. The standard InChI is InChI=1S/C27H31N3O2/c1-18(11-25(31)28-27-15-19-12-20(16-27)14-21(13-19)17-27)29-30-26(32)24-9-7-23(8-10-24)22-5-3-2-4-6-22/h2-10,19-21H,11-17H2,1H3,(H,28,31)(H,30,32)/b29-18+. The summed E-state index contributed by atoms with van der Waals surface area (Å²) >= 11 is 0. The maximum Gasteiger partial charge on any atom is 0.271 e. The first-order valence-electron chi connectivity index (χ1n) is 11.8. The highest BCUT2D eigenvalue weighted by molar-refractivity contribution is 6.01. The molecular weight excluding hydrogens is 398 g/mol. The number of nitrogens with zero attached hydrogens (tertiary/aromatic N) is 1. The van der Waals surface area contributed by atoms with Gasteiger partial charge in [-0.05, 0) is 86.5 Å². The second-order valence-corrected chi connectivity index (χ2v) is 10.2. The monoisotopic (exact) mass is 429 g/mol. The molecule has 4 saturated carbocycles. The molecular formula is C27H31N3O2. The number of carbonyl (C=O) groups is 2. The summed E-state index contributed by atoms with van der Waals surface area (Å²) in [4.78, 5) is 25.2. The number of hydrogen-bond donors (Lipinski definition) is 2. The van der Waals surface area contributed by atoms with Gasteiger partial charge in [0.1, 0.15) is 0 Å². The molecule has 166 valence electrons. The summed E-state index contributed by atoms with van der Waals surface area (Å²) in [7, 11) is 0. The van der Waals surface area contributed by atoms with Crippen molar-refractivity contribution in [2.45, 2.75) is 57.4 Å². The van der Waals surface area contributed by atoms with Gasteiger partial charge >= 0.3 is 0 Å². The Hall–Kier alpha value is -2.95. The first-order valence-corrected chi connectivity index (χ1v) is 11.8. The normalized spacial score (nSPS) is 28.4. The molecule has 4 aliphatic carbocycles. The average molecular weight is 430 g/mol. The minimum Gasteiger partial charge on any atom is -0.350 e. The van der Waals surface area contributed by atoms with Gasteiger partial charge in [-0.1, -0.05) is 42.5 Å². The molecule has 4 bridgehead atoms. The number of nitrogens with one attached hydrogen (secondary N) is 2. The molecule has 0 saturated heterocycles. The van der Waals surface area contributed by atoms with Crippen LogP contribution in [0, 0.1) is 17.8 Å². The zero-order valence-electron chi connectivity index (χ0n) is 18.6. The average Bonchev–Trinajstić information content (AvgIpc) is 2.77. The molecule has 4 fully saturated rings. The molecule has 5 heteroatoms. The maximum absolute atomic E-state index is 12.7. The van der Waals surface area contributed by atoms with Gasteiger partial charge in [-0.3, -0.25) is 9.59 Å². The third kappa shape index (κ3) is 4.47. The summed E-state index contributed by atoms with van der Waals surface area (Å²) in [5.74, 6) is 2.14. The molecule has 2 aromatic carbocycles. The lowest BCUT2D eigenvalue weighted by Crippen LogP contribution is -2.60. The van der Waals surface area contributed by atoms with Gasteiger partial charge in [0, 0.05) is 16.8 Å². The largest absolute Gasteiger partial charge is 0.350 e. The second-order valence-electron chi connectivity index (χ2n) is 10.2. The van der Waals surface area contributed by atoms with Gasteiger partial charge in [-0.2, -0.15) is 5.10 Å². The van der Waals surface area contributed by atoms with E-state index < -0.39 is 0 Å². The van der Waals surface area contributed by atoms with E-state index in [0.29, 0.717) is 11.3 Å². The highest BCUT2D eigenvalue weighted by Crippen LogP contribution is 2.55. The van der Waals surface area contributed by atoms with Crippen molar-refractivity contribution in [3.05, 3.63) is 60.2 Å². The zero-order valence-corrected chi connectivity index (χ0v) is 18.6. The molecule has 2 N–H and O–H groups in total. The number of hydrogen-bond acceptors (Lipinski definition) is 3. The first-order chi connectivity index (χ1) is 15.5. The summed E-state index contributed by atoms with van der Waals surface area (Å²) in [6.07, 6.45) is 7.69. The molecule has 0 unspecified atom stereocenters. The van der Waals surface area contributed by atoms with E-state index in [0.717, 1.165) is 48.1 Å². The zero-order chi connectivity index (χ0) is 22.1. The van der Waals surface area contributed by atoms with Crippen LogP contribution in [0.15, 0.2) is 59.7 Å². The van der Waals surface area contributed by atoms with Crippen LogP contribution >= 0.6 is 0 Å². The van der Waals surface area contributed by atoms with E-state index in [9.17, 15) is 9.59 Å². The molecule has 0 atom stereocenters. The Balaban J connectivity index is 1.14. The smallest absolute Gasteiger partial charge is 0.271 e. The van der Waals surface area contributed by atoms with Crippen LogP contribution in [0.4, 0.5) is 0 Å². The third-order valence-corrected chi connectivity index (χ3v) is 7.46. The summed E-state index contributed by atoms with van der Waals surface area (Å²) in [6.45, 7) is 1.79. The fraction of sp³-hybridized carbons (Fsp3) is 0.444. The van der Waals surface area contributed by atoms with Crippen LogP contribution in [0.3, 0.4) is 0 Å². The number of carbonyl (C=O) groups excluding carboxylic acids is 2. The van der Waals surface area contributed by atoms with Gasteiger partial charge < -0.3 is 5.32 Å². The van der Waals surface area contributed by atoms with Crippen molar-refractivity contribution in [3.63, 3.8) is 0 Å². The lowest BCUT2D eigenvalue weighted by atomic mass is 9.53. The Labute approximate surface area is 189 Å². The Morgan fingerprint density at radius 3 is 2.03 bits per heavy atom. The maximum atomic E-state index is 12.7. The Morgan fingerprint density at radius 1 is 0.875 bits per heavy atom.